The van der Waals surface area contributed by atoms with Crippen molar-refractivity contribution >= 4 is 0 Å². The molecule has 0 aliphatic heterocycles. The lowest BCUT2D eigenvalue weighted by Gasteiger charge is -2.19. The Bertz CT molecular complexity index is 283. The second kappa shape index (κ2) is 5.01. The van der Waals surface area contributed by atoms with Crippen LogP contribution in [0.25, 0.3) is 0 Å². The van der Waals surface area contributed by atoms with Gasteiger partial charge >= 0.3 is 0 Å². The third-order valence-corrected chi connectivity index (χ3v) is 2.58. The molecule has 2 heteroatoms. The maximum absolute atomic E-state index is 5.76. The van der Waals surface area contributed by atoms with Crippen LogP contribution in [0.4, 0.5) is 0 Å². The molecule has 1 rings (SSSR count). The number of hydrogen-bond acceptors (Lipinski definition) is 2. The van der Waals surface area contributed by atoms with Crippen molar-refractivity contribution in [2.45, 2.75) is 19.8 Å². The second-order valence-electron chi connectivity index (χ2n) is 3.86. The summed E-state index contributed by atoms with van der Waals surface area (Å²) in [6.45, 7) is 5.07. The van der Waals surface area contributed by atoms with Gasteiger partial charge in [0.2, 0.25) is 0 Å². The zero-order chi connectivity index (χ0) is 10.6. The third-order valence-electron chi connectivity index (χ3n) is 2.58. The molecule has 0 aromatic heterocycles. The van der Waals surface area contributed by atoms with Crippen LogP contribution >= 0.6 is 0 Å². The lowest BCUT2D eigenvalue weighted by atomic mass is 9.88. The minimum atomic E-state index is 0.421. The fourth-order valence-corrected chi connectivity index (χ4v) is 1.67. The second-order valence-corrected chi connectivity index (χ2v) is 3.86. The summed E-state index contributed by atoms with van der Waals surface area (Å²) < 4.78 is 5.19. The highest BCUT2D eigenvalue weighted by atomic mass is 16.5. The maximum atomic E-state index is 5.76. The fourth-order valence-electron chi connectivity index (χ4n) is 1.67. The summed E-state index contributed by atoms with van der Waals surface area (Å²) in [5, 5.41) is 0. The minimum absolute atomic E-state index is 0.421. The molecule has 0 heterocycles. The van der Waals surface area contributed by atoms with Crippen molar-refractivity contribution in [3.63, 3.8) is 0 Å². The molecule has 1 unspecified atom stereocenters. The van der Waals surface area contributed by atoms with E-state index < -0.39 is 0 Å². The van der Waals surface area contributed by atoms with Crippen LogP contribution in [0.1, 0.15) is 25.3 Å². The van der Waals surface area contributed by atoms with Crippen LogP contribution in [0.3, 0.4) is 0 Å². The zero-order valence-electron chi connectivity index (χ0n) is 9.16. The Balaban J connectivity index is 2.92. The van der Waals surface area contributed by atoms with E-state index in [2.05, 4.69) is 26.0 Å². The van der Waals surface area contributed by atoms with Crippen LogP contribution in [0.2, 0.25) is 0 Å². The van der Waals surface area contributed by atoms with Crippen molar-refractivity contribution in [2.24, 2.45) is 11.7 Å². The first-order valence-electron chi connectivity index (χ1n) is 5.03. The lowest BCUT2D eigenvalue weighted by molar-refractivity contribution is 0.412. The van der Waals surface area contributed by atoms with Gasteiger partial charge < -0.3 is 10.5 Å². The number of hydrogen-bond donors (Lipinski definition) is 1. The van der Waals surface area contributed by atoms with Gasteiger partial charge in [-0.05, 0) is 36.1 Å². The Morgan fingerprint density at radius 2 is 2.07 bits per heavy atom. The van der Waals surface area contributed by atoms with Crippen molar-refractivity contribution in [2.75, 3.05) is 13.7 Å². The van der Waals surface area contributed by atoms with E-state index in [1.165, 1.54) is 5.56 Å². The number of benzene rings is 1. The average molecular weight is 193 g/mol. The van der Waals surface area contributed by atoms with Gasteiger partial charge in [0.1, 0.15) is 5.75 Å². The summed E-state index contributed by atoms with van der Waals surface area (Å²) >= 11 is 0. The monoisotopic (exact) mass is 193 g/mol. The van der Waals surface area contributed by atoms with E-state index in [0.29, 0.717) is 18.4 Å². The number of ether oxygens (including phenoxy) is 1. The summed E-state index contributed by atoms with van der Waals surface area (Å²) in [5.41, 5.74) is 7.02. The van der Waals surface area contributed by atoms with Crippen molar-refractivity contribution in [3.8, 4) is 5.75 Å². The standard InChI is InChI=1S/C12H19NO/c1-9(2)12(8-13)10-5-4-6-11(7-10)14-3/h4-7,9,12H,8,13H2,1-3H3. The normalized spacial score (nSPS) is 12.9. The van der Waals surface area contributed by atoms with E-state index >= 15 is 0 Å². The highest BCUT2D eigenvalue weighted by Crippen LogP contribution is 2.25. The van der Waals surface area contributed by atoms with E-state index in [1.54, 1.807) is 7.11 Å². The predicted molar refractivity (Wildman–Crippen MR) is 59.6 cm³/mol. The first-order chi connectivity index (χ1) is 6.69. The van der Waals surface area contributed by atoms with Gasteiger partial charge in [-0.15, -0.1) is 0 Å². The molecule has 0 aliphatic carbocycles. The molecular weight excluding hydrogens is 174 g/mol. The van der Waals surface area contributed by atoms with Crippen LogP contribution in [0.15, 0.2) is 24.3 Å². The molecular formula is C12H19NO. The van der Waals surface area contributed by atoms with Crippen LogP contribution in [-0.4, -0.2) is 13.7 Å². The van der Waals surface area contributed by atoms with Gasteiger partial charge in [0, 0.05) is 0 Å². The summed E-state index contributed by atoms with van der Waals surface area (Å²) in [4.78, 5) is 0. The van der Waals surface area contributed by atoms with Gasteiger partial charge in [-0.2, -0.15) is 0 Å². The quantitative estimate of drug-likeness (QED) is 0.797. The number of methoxy groups -OCH3 is 1. The van der Waals surface area contributed by atoms with Gasteiger partial charge in [-0.3, -0.25) is 0 Å². The summed E-state index contributed by atoms with van der Waals surface area (Å²) in [6.07, 6.45) is 0. The van der Waals surface area contributed by atoms with E-state index in [0.717, 1.165) is 5.75 Å². The molecule has 14 heavy (non-hydrogen) atoms. The van der Waals surface area contributed by atoms with Crippen molar-refractivity contribution in [1.82, 2.24) is 0 Å². The van der Waals surface area contributed by atoms with Crippen molar-refractivity contribution in [1.29, 1.82) is 0 Å². The Morgan fingerprint density at radius 3 is 2.57 bits per heavy atom. The molecule has 0 radical (unpaired) electrons. The molecule has 0 bridgehead atoms. The predicted octanol–water partition coefficient (Wildman–Crippen LogP) is 2.39. The first-order valence-corrected chi connectivity index (χ1v) is 5.03. The Labute approximate surface area is 86.1 Å². The lowest BCUT2D eigenvalue weighted by Crippen LogP contribution is -2.17. The molecule has 0 fully saturated rings. The van der Waals surface area contributed by atoms with Gasteiger partial charge in [-0.25, -0.2) is 0 Å². The van der Waals surface area contributed by atoms with Gasteiger partial charge in [0.25, 0.3) is 0 Å². The van der Waals surface area contributed by atoms with Crippen LogP contribution in [0, 0.1) is 5.92 Å². The molecule has 0 spiro atoms. The smallest absolute Gasteiger partial charge is 0.119 e. The molecule has 0 saturated carbocycles. The number of nitrogens with two attached hydrogens (primary N) is 1. The SMILES string of the molecule is COc1cccc(C(CN)C(C)C)c1. The summed E-state index contributed by atoms with van der Waals surface area (Å²) in [7, 11) is 1.69. The van der Waals surface area contributed by atoms with Crippen LogP contribution < -0.4 is 10.5 Å². The molecule has 0 aliphatic rings. The molecule has 78 valence electrons. The molecule has 1 aromatic rings. The van der Waals surface area contributed by atoms with Crippen LogP contribution in [-0.2, 0) is 0 Å². The minimum Gasteiger partial charge on any atom is -0.497 e. The highest BCUT2D eigenvalue weighted by molar-refractivity contribution is 5.31. The molecule has 2 nitrogen and oxygen atoms in total. The Kier molecular flexibility index (Phi) is 3.96. The molecule has 1 aromatic carbocycles. The first kappa shape index (κ1) is 11.1. The zero-order valence-corrected chi connectivity index (χ0v) is 9.16. The molecule has 1 atom stereocenters. The largest absolute Gasteiger partial charge is 0.497 e. The molecule has 0 saturated heterocycles. The van der Waals surface area contributed by atoms with Crippen LogP contribution in [0.5, 0.6) is 5.75 Å². The Hall–Kier alpha value is -1.02. The molecule has 0 amide bonds. The third kappa shape index (κ3) is 2.48. The maximum Gasteiger partial charge on any atom is 0.119 e. The summed E-state index contributed by atoms with van der Waals surface area (Å²) in [5.74, 6) is 1.89. The van der Waals surface area contributed by atoms with Gasteiger partial charge in [0.05, 0.1) is 7.11 Å². The van der Waals surface area contributed by atoms with Crippen molar-refractivity contribution < 1.29 is 4.74 Å². The van der Waals surface area contributed by atoms with Gasteiger partial charge in [-0.1, -0.05) is 26.0 Å². The van der Waals surface area contributed by atoms with Gasteiger partial charge in [0.15, 0.2) is 0 Å². The molecule has 2 N–H and O–H groups in total. The fraction of sp³-hybridized carbons (Fsp3) is 0.500. The van der Waals surface area contributed by atoms with E-state index in [1.807, 2.05) is 12.1 Å². The average Bonchev–Trinajstić information content (AvgIpc) is 2.19. The Morgan fingerprint density at radius 1 is 1.36 bits per heavy atom. The van der Waals surface area contributed by atoms with E-state index in [-0.39, 0.29) is 0 Å². The topological polar surface area (TPSA) is 35.2 Å². The van der Waals surface area contributed by atoms with E-state index in [9.17, 15) is 0 Å². The number of rotatable bonds is 4. The van der Waals surface area contributed by atoms with E-state index in [4.69, 9.17) is 10.5 Å². The van der Waals surface area contributed by atoms with Crippen molar-refractivity contribution in [3.05, 3.63) is 29.8 Å². The highest BCUT2D eigenvalue weighted by Gasteiger charge is 2.13. The summed E-state index contributed by atoms with van der Waals surface area (Å²) in [6, 6.07) is 8.15.